The first kappa shape index (κ1) is 17.1. The van der Waals surface area contributed by atoms with E-state index in [1.807, 2.05) is 0 Å². The van der Waals surface area contributed by atoms with E-state index in [1.165, 1.54) is 19.9 Å². The van der Waals surface area contributed by atoms with E-state index in [-0.39, 0.29) is 11.8 Å². The Labute approximate surface area is 139 Å². The van der Waals surface area contributed by atoms with Gasteiger partial charge in [-0.25, -0.2) is 0 Å². The molecule has 2 rings (SSSR count). The first-order chi connectivity index (χ1) is 11.4. The minimum absolute atomic E-state index is 0.173. The molecule has 2 aromatic rings. The number of rotatable bonds is 5. The number of allylic oxidation sites excluding steroid dienone is 1. The molecule has 0 fully saturated rings. The third-order valence-corrected chi connectivity index (χ3v) is 2.97. The van der Waals surface area contributed by atoms with Crippen LogP contribution in [0.25, 0.3) is 6.08 Å². The Bertz CT molecular complexity index is 770. The van der Waals surface area contributed by atoms with Crippen LogP contribution in [0.5, 0.6) is 11.5 Å². The summed E-state index contributed by atoms with van der Waals surface area (Å²) in [7, 11) is 0. The normalized spacial score (nSPS) is 10.4. The second-order valence-corrected chi connectivity index (χ2v) is 4.98. The van der Waals surface area contributed by atoms with Crippen LogP contribution in [-0.2, 0) is 9.59 Å². The van der Waals surface area contributed by atoms with Crippen LogP contribution in [0.15, 0.2) is 54.6 Å². The SMILES string of the molecule is CC(=O)Oc1ccc(C=CC(=O)c2ccc(OC(C)=O)cc2)cc1. The van der Waals surface area contributed by atoms with E-state index < -0.39 is 5.97 Å². The van der Waals surface area contributed by atoms with Crippen LogP contribution >= 0.6 is 0 Å². The quantitative estimate of drug-likeness (QED) is 0.365. The molecule has 0 atom stereocenters. The maximum absolute atomic E-state index is 12.1. The van der Waals surface area contributed by atoms with Crippen molar-refractivity contribution in [3.63, 3.8) is 0 Å². The first-order valence-corrected chi connectivity index (χ1v) is 7.23. The van der Waals surface area contributed by atoms with Crippen molar-refractivity contribution < 1.29 is 23.9 Å². The summed E-state index contributed by atoms with van der Waals surface area (Å²) in [6, 6.07) is 13.1. The molecular weight excluding hydrogens is 308 g/mol. The summed E-state index contributed by atoms with van der Waals surface area (Å²) in [5.74, 6) is -0.124. The monoisotopic (exact) mass is 324 g/mol. The standard InChI is InChI=1S/C19H16O5/c1-13(20)23-17-8-3-15(4-9-17)5-12-19(22)16-6-10-18(11-7-16)24-14(2)21/h3-12H,1-2H3. The highest BCUT2D eigenvalue weighted by molar-refractivity contribution is 6.06. The highest BCUT2D eigenvalue weighted by Crippen LogP contribution is 2.15. The topological polar surface area (TPSA) is 69.7 Å². The molecule has 0 aliphatic heterocycles. The predicted molar refractivity (Wildman–Crippen MR) is 88.9 cm³/mol. The van der Waals surface area contributed by atoms with Gasteiger partial charge in [0, 0.05) is 19.4 Å². The molecular formula is C19H16O5. The van der Waals surface area contributed by atoms with Gasteiger partial charge >= 0.3 is 11.9 Å². The molecule has 5 heteroatoms. The molecule has 0 saturated carbocycles. The molecule has 0 N–H and O–H groups in total. The minimum atomic E-state index is -0.411. The van der Waals surface area contributed by atoms with E-state index in [1.54, 1.807) is 54.6 Å². The molecule has 0 aliphatic rings. The summed E-state index contributed by atoms with van der Waals surface area (Å²) < 4.78 is 9.85. The van der Waals surface area contributed by atoms with Crippen molar-refractivity contribution in [2.24, 2.45) is 0 Å². The molecule has 122 valence electrons. The van der Waals surface area contributed by atoms with Crippen LogP contribution in [0.4, 0.5) is 0 Å². The lowest BCUT2D eigenvalue weighted by atomic mass is 10.1. The van der Waals surface area contributed by atoms with Crippen LogP contribution in [0.2, 0.25) is 0 Å². The van der Waals surface area contributed by atoms with Gasteiger partial charge in [-0.2, -0.15) is 0 Å². The maximum Gasteiger partial charge on any atom is 0.308 e. The molecule has 0 amide bonds. The van der Waals surface area contributed by atoms with Crippen LogP contribution in [0.1, 0.15) is 29.8 Å². The summed E-state index contributed by atoms with van der Waals surface area (Å²) in [4.78, 5) is 33.8. The fraction of sp³-hybridized carbons (Fsp3) is 0.105. The van der Waals surface area contributed by atoms with Crippen molar-refractivity contribution in [3.8, 4) is 11.5 Å². The number of hydrogen-bond donors (Lipinski definition) is 0. The van der Waals surface area contributed by atoms with E-state index in [0.717, 1.165) is 5.56 Å². The molecule has 5 nitrogen and oxygen atoms in total. The number of hydrogen-bond acceptors (Lipinski definition) is 5. The Morgan fingerprint density at radius 3 is 1.67 bits per heavy atom. The molecule has 0 spiro atoms. The molecule has 2 aromatic carbocycles. The minimum Gasteiger partial charge on any atom is -0.427 e. The van der Waals surface area contributed by atoms with Gasteiger partial charge < -0.3 is 9.47 Å². The lowest BCUT2D eigenvalue weighted by Crippen LogP contribution is -2.01. The Hall–Kier alpha value is -3.21. The zero-order valence-corrected chi connectivity index (χ0v) is 13.3. The highest BCUT2D eigenvalue weighted by atomic mass is 16.5. The van der Waals surface area contributed by atoms with E-state index in [9.17, 15) is 14.4 Å². The largest absolute Gasteiger partial charge is 0.427 e. The Morgan fingerprint density at radius 2 is 1.21 bits per heavy atom. The lowest BCUT2D eigenvalue weighted by molar-refractivity contribution is -0.132. The zero-order chi connectivity index (χ0) is 17.5. The number of ketones is 1. The van der Waals surface area contributed by atoms with Gasteiger partial charge in [0.05, 0.1) is 0 Å². The van der Waals surface area contributed by atoms with Crippen molar-refractivity contribution in [1.29, 1.82) is 0 Å². The number of carbonyl (C=O) groups excluding carboxylic acids is 3. The van der Waals surface area contributed by atoms with Crippen molar-refractivity contribution in [1.82, 2.24) is 0 Å². The fourth-order valence-electron chi connectivity index (χ4n) is 1.93. The Kier molecular flexibility index (Phi) is 5.63. The highest BCUT2D eigenvalue weighted by Gasteiger charge is 2.04. The summed E-state index contributed by atoms with van der Waals surface area (Å²) in [6.45, 7) is 2.65. The van der Waals surface area contributed by atoms with Gasteiger partial charge in [-0.3, -0.25) is 14.4 Å². The predicted octanol–water partition coefficient (Wildman–Crippen LogP) is 3.43. The maximum atomic E-state index is 12.1. The van der Waals surface area contributed by atoms with Crippen molar-refractivity contribution in [2.45, 2.75) is 13.8 Å². The van der Waals surface area contributed by atoms with Crippen LogP contribution in [0.3, 0.4) is 0 Å². The van der Waals surface area contributed by atoms with Crippen molar-refractivity contribution >= 4 is 23.8 Å². The smallest absolute Gasteiger partial charge is 0.308 e. The van der Waals surface area contributed by atoms with Gasteiger partial charge in [0.25, 0.3) is 0 Å². The van der Waals surface area contributed by atoms with Crippen LogP contribution in [0, 0.1) is 0 Å². The third-order valence-electron chi connectivity index (χ3n) is 2.97. The van der Waals surface area contributed by atoms with E-state index in [2.05, 4.69) is 0 Å². The van der Waals surface area contributed by atoms with Crippen LogP contribution in [-0.4, -0.2) is 17.7 Å². The lowest BCUT2D eigenvalue weighted by Gasteiger charge is -2.02. The Balaban J connectivity index is 2.01. The van der Waals surface area contributed by atoms with Crippen molar-refractivity contribution in [2.75, 3.05) is 0 Å². The average Bonchev–Trinajstić information content (AvgIpc) is 2.53. The number of ether oxygens (including phenoxy) is 2. The van der Waals surface area contributed by atoms with E-state index >= 15 is 0 Å². The third kappa shape index (κ3) is 5.21. The summed E-state index contributed by atoms with van der Waals surface area (Å²) in [5.41, 5.74) is 1.29. The summed E-state index contributed by atoms with van der Waals surface area (Å²) in [6.07, 6.45) is 3.11. The molecule has 0 radical (unpaired) electrons. The molecule has 0 aliphatic carbocycles. The van der Waals surface area contributed by atoms with Gasteiger partial charge in [0.15, 0.2) is 5.78 Å². The second kappa shape index (κ2) is 7.87. The fourth-order valence-corrected chi connectivity index (χ4v) is 1.93. The molecule has 0 aromatic heterocycles. The van der Waals surface area contributed by atoms with Gasteiger partial charge in [0.1, 0.15) is 11.5 Å². The van der Waals surface area contributed by atoms with Gasteiger partial charge in [-0.15, -0.1) is 0 Å². The van der Waals surface area contributed by atoms with Crippen LogP contribution < -0.4 is 9.47 Å². The molecule has 24 heavy (non-hydrogen) atoms. The van der Waals surface area contributed by atoms with Gasteiger partial charge in [-0.1, -0.05) is 18.2 Å². The molecule has 0 heterocycles. The number of benzene rings is 2. The number of carbonyl (C=O) groups is 3. The molecule has 0 unspecified atom stereocenters. The molecule has 0 bridgehead atoms. The number of esters is 2. The average molecular weight is 324 g/mol. The second-order valence-electron chi connectivity index (χ2n) is 4.98. The Morgan fingerprint density at radius 1 is 0.750 bits per heavy atom. The summed E-state index contributed by atoms with van der Waals surface area (Å²) >= 11 is 0. The molecule has 0 saturated heterocycles. The van der Waals surface area contributed by atoms with Gasteiger partial charge in [-0.05, 0) is 48.0 Å². The van der Waals surface area contributed by atoms with E-state index in [0.29, 0.717) is 17.1 Å². The summed E-state index contributed by atoms with van der Waals surface area (Å²) in [5, 5.41) is 0. The zero-order valence-electron chi connectivity index (χ0n) is 13.3. The first-order valence-electron chi connectivity index (χ1n) is 7.23. The van der Waals surface area contributed by atoms with Crippen molar-refractivity contribution in [3.05, 3.63) is 65.7 Å². The van der Waals surface area contributed by atoms with Gasteiger partial charge in [0.2, 0.25) is 0 Å². The van der Waals surface area contributed by atoms with E-state index in [4.69, 9.17) is 9.47 Å².